The van der Waals surface area contributed by atoms with Crippen molar-refractivity contribution < 1.29 is 22.7 Å². The van der Waals surface area contributed by atoms with Crippen LogP contribution in [0.15, 0.2) is 18.3 Å². The van der Waals surface area contributed by atoms with Crippen LogP contribution in [0.2, 0.25) is 0 Å². The second-order valence-corrected chi connectivity index (χ2v) is 5.53. The Bertz CT molecular complexity index is 461. The quantitative estimate of drug-likeness (QED) is 0.925. The van der Waals surface area contributed by atoms with Crippen molar-refractivity contribution >= 4 is 6.09 Å². The maximum Gasteiger partial charge on any atom is 0.431 e. The largest absolute Gasteiger partial charge is 0.444 e. The molecule has 0 spiro atoms. The minimum Gasteiger partial charge on any atom is -0.444 e. The van der Waals surface area contributed by atoms with Crippen LogP contribution in [0.3, 0.4) is 0 Å². The van der Waals surface area contributed by atoms with E-state index in [4.69, 9.17) is 4.74 Å². The van der Waals surface area contributed by atoms with E-state index in [1.54, 1.807) is 27.7 Å². The van der Waals surface area contributed by atoms with Crippen LogP contribution in [0.1, 0.15) is 39.4 Å². The fraction of sp³-hybridized carbons (Fsp3) is 0.615. The highest BCUT2D eigenvalue weighted by molar-refractivity contribution is 5.67. The van der Waals surface area contributed by atoms with Crippen LogP contribution >= 0.6 is 0 Å². The number of nitrogens with zero attached hydrogens (tertiary/aromatic N) is 1. The monoisotopic (exact) mass is 292 g/mol. The molecule has 0 aliphatic heterocycles. The van der Waals surface area contributed by atoms with E-state index in [1.807, 2.05) is 0 Å². The number of aromatic nitrogens is 1. The van der Waals surface area contributed by atoms with E-state index in [0.29, 0.717) is 0 Å². The van der Waals surface area contributed by atoms with Gasteiger partial charge < -0.3 is 14.6 Å². The fourth-order valence-corrected chi connectivity index (χ4v) is 1.66. The van der Waals surface area contributed by atoms with Crippen LogP contribution < -0.4 is 5.32 Å². The Labute approximate surface area is 115 Å². The van der Waals surface area contributed by atoms with E-state index >= 15 is 0 Å². The average Bonchev–Trinajstić information content (AvgIpc) is 2.71. The molecular weight excluding hydrogens is 273 g/mol. The molecular formula is C13H19F3N2O2. The molecule has 1 aromatic rings. The fourth-order valence-electron chi connectivity index (χ4n) is 1.66. The molecule has 7 heteroatoms. The Balaban J connectivity index is 2.62. The number of nitrogens with one attached hydrogen (secondary N) is 1. The molecule has 0 saturated heterocycles. The summed E-state index contributed by atoms with van der Waals surface area (Å²) in [5.41, 5.74) is -1.38. The van der Waals surface area contributed by atoms with Crippen molar-refractivity contribution in [2.45, 2.75) is 45.5 Å². The normalized spacial score (nSPS) is 13.9. The predicted octanol–water partition coefficient (Wildman–Crippen LogP) is 3.59. The zero-order chi connectivity index (χ0) is 15.6. The van der Waals surface area contributed by atoms with Gasteiger partial charge in [0, 0.05) is 18.8 Å². The number of alkyl halides is 3. The number of alkyl carbamates (subject to hydrolysis) is 1. The van der Waals surface area contributed by atoms with Gasteiger partial charge in [-0.1, -0.05) is 0 Å². The molecule has 0 saturated carbocycles. The highest BCUT2D eigenvalue weighted by Crippen LogP contribution is 2.31. The molecule has 1 heterocycles. The molecule has 0 aromatic carbocycles. The number of carbonyl (C=O) groups is 1. The lowest BCUT2D eigenvalue weighted by atomic mass is 10.2. The van der Waals surface area contributed by atoms with Gasteiger partial charge in [0.1, 0.15) is 11.3 Å². The summed E-state index contributed by atoms with van der Waals surface area (Å²) in [6.07, 6.45) is -3.72. The van der Waals surface area contributed by atoms with Crippen LogP contribution in [-0.2, 0) is 10.9 Å². The summed E-state index contributed by atoms with van der Waals surface area (Å²) in [7, 11) is 0. The summed E-state index contributed by atoms with van der Waals surface area (Å²) < 4.78 is 44.3. The summed E-state index contributed by atoms with van der Waals surface area (Å²) >= 11 is 0. The number of hydrogen-bond donors (Lipinski definition) is 1. The first-order chi connectivity index (χ1) is 9.00. The van der Waals surface area contributed by atoms with Gasteiger partial charge >= 0.3 is 12.3 Å². The molecule has 1 rings (SSSR count). The average molecular weight is 292 g/mol. The molecule has 1 amide bonds. The number of carbonyl (C=O) groups excluding carboxylic acids is 1. The summed E-state index contributed by atoms with van der Waals surface area (Å²) in [5.74, 6) is 0. The van der Waals surface area contributed by atoms with Gasteiger partial charge in [0.2, 0.25) is 0 Å². The molecule has 0 unspecified atom stereocenters. The van der Waals surface area contributed by atoms with Crippen molar-refractivity contribution in [1.82, 2.24) is 9.88 Å². The minimum atomic E-state index is -4.41. The van der Waals surface area contributed by atoms with Crippen molar-refractivity contribution in [2.75, 3.05) is 6.54 Å². The van der Waals surface area contributed by atoms with Gasteiger partial charge in [-0.05, 0) is 39.8 Å². The number of rotatable bonds is 3. The lowest BCUT2D eigenvalue weighted by Gasteiger charge is -2.22. The lowest BCUT2D eigenvalue weighted by Crippen LogP contribution is -2.35. The van der Waals surface area contributed by atoms with Gasteiger partial charge in [0.05, 0.1) is 0 Å². The zero-order valence-corrected chi connectivity index (χ0v) is 11.9. The van der Waals surface area contributed by atoms with Gasteiger partial charge in [0.15, 0.2) is 0 Å². The summed E-state index contributed by atoms with van der Waals surface area (Å²) in [4.78, 5) is 11.4. The van der Waals surface area contributed by atoms with E-state index in [2.05, 4.69) is 5.32 Å². The Hall–Kier alpha value is -1.66. The van der Waals surface area contributed by atoms with Crippen LogP contribution in [-0.4, -0.2) is 22.8 Å². The molecule has 0 aliphatic rings. The lowest BCUT2D eigenvalue weighted by molar-refractivity contribution is -0.144. The first-order valence-corrected chi connectivity index (χ1v) is 6.21. The number of halogens is 3. The molecule has 0 bridgehead atoms. The Morgan fingerprint density at radius 3 is 2.50 bits per heavy atom. The second kappa shape index (κ2) is 5.76. The van der Waals surface area contributed by atoms with E-state index in [0.717, 1.165) is 10.6 Å². The molecule has 0 fully saturated rings. The highest BCUT2D eigenvalue weighted by Gasteiger charge is 2.34. The van der Waals surface area contributed by atoms with Crippen molar-refractivity contribution in [3.63, 3.8) is 0 Å². The number of amides is 1. The topological polar surface area (TPSA) is 43.3 Å². The molecule has 4 nitrogen and oxygen atoms in total. The molecule has 1 atom stereocenters. The summed E-state index contributed by atoms with van der Waals surface area (Å²) in [6.45, 7) is 6.77. The predicted molar refractivity (Wildman–Crippen MR) is 68.4 cm³/mol. The molecule has 114 valence electrons. The molecule has 0 radical (unpaired) electrons. The third-order valence-electron chi connectivity index (χ3n) is 2.48. The standard InChI is InChI=1S/C13H19F3N2O2/c1-9(8-17-11(19)20-12(2,3)4)18-7-5-6-10(18)13(14,15)16/h5-7,9H,8H2,1-4H3,(H,17,19)/t9-/m1/s1. The summed E-state index contributed by atoms with van der Waals surface area (Å²) in [5, 5.41) is 2.46. The third-order valence-corrected chi connectivity index (χ3v) is 2.48. The minimum absolute atomic E-state index is 0.0483. The van der Waals surface area contributed by atoms with Crippen molar-refractivity contribution in [3.8, 4) is 0 Å². The van der Waals surface area contributed by atoms with Crippen molar-refractivity contribution in [3.05, 3.63) is 24.0 Å². The van der Waals surface area contributed by atoms with Gasteiger partial charge in [-0.3, -0.25) is 0 Å². The molecule has 20 heavy (non-hydrogen) atoms. The van der Waals surface area contributed by atoms with Crippen LogP contribution in [0.25, 0.3) is 0 Å². The Kier molecular flexibility index (Phi) is 4.73. The Morgan fingerprint density at radius 1 is 1.40 bits per heavy atom. The van der Waals surface area contributed by atoms with Crippen LogP contribution in [0.4, 0.5) is 18.0 Å². The highest BCUT2D eigenvalue weighted by atomic mass is 19.4. The van der Waals surface area contributed by atoms with E-state index in [-0.39, 0.29) is 6.54 Å². The van der Waals surface area contributed by atoms with Crippen LogP contribution in [0, 0.1) is 0 Å². The van der Waals surface area contributed by atoms with Crippen molar-refractivity contribution in [2.24, 2.45) is 0 Å². The first-order valence-electron chi connectivity index (χ1n) is 6.21. The first kappa shape index (κ1) is 16.4. The molecule has 1 aromatic heterocycles. The maximum absolute atomic E-state index is 12.7. The SMILES string of the molecule is C[C@H](CNC(=O)OC(C)(C)C)n1cccc1C(F)(F)F. The van der Waals surface area contributed by atoms with E-state index in [1.165, 1.54) is 12.3 Å². The number of hydrogen-bond acceptors (Lipinski definition) is 2. The number of ether oxygens (including phenoxy) is 1. The van der Waals surface area contributed by atoms with Crippen LogP contribution in [0.5, 0.6) is 0 Å². The smallest absolute Gasteiger partial charge is 0.431 e. The molecule has 0 aliphatic carbocycles. The third kappa shape index (κ3) is 4.79. The van der Waals surface area contributed by atoms with E-state index < -0.39 is 29.6 Å². The second-order valence-electron chi connectivity index (χ2n) is 5.53. The molecule has 1 N–H and O–H groups in total. The van der Waals surface area contributed by atoms with Crippen molar-refractivity contribution in [1.29, 1.82) is 0 Å². The maximum atomic E-state index is 12.7. The Morgan fingerprint density at radius 2 is 2.00 bits per heavy atom. The zero-order valence-electron chi connectivity index (χ0n) is 11.9. The van der Waals surface area contributed by atoms with Gasteiger partial charge in [-0.15, -0.1) is 0 Å². The van der Waals surface area contributed by atoms with Gasteiger partial charge in [-0.2, -0.15) is 13.2 Å². The van der Waals surface area contributed by atoms with E-state index in [9.17, 15) is 18.0 Å². The van der Waals surface area contributed by atoms with Gasteiger partial charge in [0.25, 0.3) is 0 Å². The van der Waals surface area contributed by atoms with Gasteiger partial charge in [-0.25, -0.2) is 4.79 Å². The summed E-state index contributed by atoms with van der Waals surface area (Å²) in [6, 6.07) is 1.80.